The third-order valence-electron chi connectivity index (χ3n) is 5.96. The lowest BCUT2D eigenvalue weighted by atomic mass is 10.1. The van der Waals surface area contributed by atoms with Crippen LogP contribution in [0.15, 0.2) is 34.1 Å². The molecule has 0 aliphatic carbocycles. The van der Waals surface area contributed by atoms with Crippen LogP contribution in [0.25, 0.3) is 11.7 Å². The Morgan fingerprint density at radius 1 is 1.19 bits per heavy atom. The number of thioether (sulfide) groups is 1. The predicted molar refractivity (Wildman–Crippen MR) is 126 cm³/mol. The van der Waals surface area contributed by atoms with Crippen LogP contribution in [0.1, 0.15) is 37.7 Å². The number of ether oxygens (including phenoxy) is 1. The number of anilines is 1. The molecule has 31 heavy (non-hydrogen) atoms. The van der Waals surface area contributed by atoms with Gasteiger partial charge in [0.15, 0.2) is 0 Å². The molecule has 3 fully saturated rings. The first kappa shape index (κ1) is 20.7. The molecule has 5 heterocycles. The number of carbonyl (C=O) groups is 1. The van der Waals surface area contributed by atoms with E-state index in [4.69, 9.17) is 21.9 Å². The summed E-state index contributed by atoms with van der Waals surface area (Å²) in [5, 5.41) is 0. The van der Waals surface area contributed by atoms with Crippen molar-refractivity contribution >= 4 is 51.7 Å². The highest BCUT2D eigenvalue weighted by atomic mass is 32.2. The maximum atomic E-state index is 13.4. The van der Waals surface area contributed by atoms with Crippen molar-refractivity contribution in [3.8, 4) is 0 Å². The summed E-state index contributed by atoms with van der Waals surface area (Å²) in [6.07, 6.45) is 8.69. The Hall–Kier alpha value is -2.23. The van der Waals surface area contributed by atoms with Crippen molar-refractivity contribution in [2.45, 2.75) is 38.2 Å². The fraction of sp³-hybridized carbons (Fsp3) is 0.455. The molecule has 1 atom stereocenters. The van der Waals surface area contributed by atoms with Gasteiger partial charge >= 0.3 is 0 Å². The van der Waals surface area contributed by atoms with E-state index >= 15 is 0 Å². The minimum absolute atomic E-state index is 0.0266. The number of nitrogens with zero attached hydrogens (tertiary/aromatic N) is 4. The summed E-state index contributed by atoms with van der Waals surface area (Å²) in [5.41, 5.74) is 0.884. The van der Waals surface area contributed by atoms with E-state index in [-0.39, 0.29) is 17.6 Å². The molecule has 0 spiro atoms. The van der Waals surface area contributed by atoms with Gasteiger partial charge in [-0.1, -0.05) is 30.0 Å². The minimum Gasteiger partial charge on any atom is -0.376 e. The van der Waals surface area contributed by atoms with Crippen LogP contribution in [0.4, 0.5) is 5.82 Å². The molecule has 3 aliphatic rings. The summed E-state index contributed by atoms with van der Waals surface area (Å²) >= 11 is 6.72. The van der Waals surface area contributed by atoms with E-state index in [9.17, 15) is 9.59 Å². The van der Waals surface area contributed by atoms with Crippen molar-refractivity contribution in [3.05, 3.63) is 45.2 Å². The Balaban J connectivity index is 1.55. The molecule has 0 N–H and O–H groups in total. The second-order valence-electron chi connectivity index (χ2n) is 8.06. The molecule has 0 saturated carbocycles. The van der Waals surface area contributed by atoms with Crippen LogP contribution >= 0.6 is 24.0 Å². The van der Waals surface area contributed by atoms with Crippen molar-refractivity contribution in [2.75, 3.05) is 31.1 Å². The number of pyridine rings is 1. The number of fused-ring (bicyclic) bond motifs is 1. The van der Waals surface area contributed by atoms with Crippen LogP contribution in [-0.2, 0) is 9.53 Å². The van der Waals surface area contributed by atoms with E-state index < -0.39 is 0 Å². The number of hydrogen-bond donors (Lipinski definition) is 0. The Morgan fingerprint density at radius 3 is 2.81 bits per heavy atom. The van der Waals surface area contributed by atoms with E-state index in [1.165, 1.54) is 22.6 Å². The predicted octanol–water partition coefficient (Wildman–Crippen LogP) is 3.07. The van der Waals surface area contributed by atoms with E-state index in [0.717, 1.165) is 45.4 Å². The smallest absolute Gasteiger partial charge is 0.267 e. The fourth-order valence-electron chi connectivity index (χ4n) is 4.34. The number of rotatable bonds is 4. The van der Waals surface area contributed by atoms with Gasteiger partial charge < -0.3 is 9.64 Å². The summed E-state index contributed by atoms with van der Waals surface area (Å²) in [6, 6.07) is 5.51. The second kappa shape index (κ2) is 8.72. The molecule has 1 amide bonds. The molecule has 2 aromatic heterocycles. The zero-order valence-electron chi connectivity index (χ0n) is 17.2. The molecule has 0 aromatic carbocycles. The maximum Gasteiger partial charge on any atom is 0.267 e. The van der Waals surface area contributed by atoms with Crippen molar-refractivity contribution in [3.63, 3.8) is 0 Å². The third kappa shape index (κ3) is 4.02. The maximum absolute atomic E-state index is 13.4. The number of thiocarbonyl (C=S) groups is 1. The van der Waals surface area contributed by atoms with Crippen molar-refractivity contribution < 1.29 is 9.53 Å². The Labute approximate surface area is 190 Å². The molecule has 2 aromatic rings. The lowest BCUT2D eigenvalue weighted by Crippen LogP contribution is -2.35. The first-order chi connectivity index (χ1) is 15.1. The van der Waals surface area contributed by atoms with Crippen molar-refractivity contribution in [1.29, 1.82) is 0 Å². The van der Waals surface area contributed by atoms with Crippen LogP contribution < -0.4 is 10.5 Å². The summed E-state index contributed by atoms with van der Waals surface area (Å²) in [5.74, 6) is 0.493. The SMILES string of the molecule is O=C1/C(=C/c2c(N3CCCCC3)nc3ccccn3c2=O)SC(=S)N1CC1CCCO1. The molecule has 7 nitrogen and oxygen atoms in total. The molecule has 9 heteroatoms. The Bertz CT molecular complexity index is 1120. The zero-order chi connectivity index (χ0) is 21.4. The number of hydrogen-bond acceptors (Lipinski definition) is 7. The first-order valence-electron chi connectivity index (χ1n) is 10.7. The van der Waals surface area contributed by atoms with Gasteiger partial charge in [0, 0.05) is 25.9 Å². The average molecular weight is 457 g/mol. The summed E-state index contributed by atoms with van der Waals surface area (Å²) in [7, 11) is 0. The van der Waals surface area contributed by atoms with Gasteiger partial charge in [-0.25, -0.2) is 4.98 Å². The normalized spacial score (nSPS) is 23.5. The highest BCUT2D eigenvalue weighted by Gasteiger charge is 2.35. The van der Waals surface area contributed by atoms with Gasteiger partial charge in [-0.2, -0.15) is 0 Å². The van der Waals surface area contributed by atoms with Gasteiger partial charge in [0.25, 0.3) is 11.5 Å². The van der Waals surface area contributed by atoms with E-state index in [1.807, 2.05) is 18.2 Å². The standard InChI is InChI=1S/C22H24N4O3S2/c27-20-16(13-17-21(28)26(22(30)31-17)14-15-7-6-12-29-15)19(24-9-3-1-4-10-24)23-18-8-2-5-11-25(18)20/h2,5,8,11,13,15H,1,3-4,6-7,9-10,12,14H2/b17-13-. The molecule has 162 valence electrons. The van der Waals surface area contributed by atoms with Crippen molar-refractivity contribution in [1.82, 2.24) is 14.3 Å². The first-order valence-corrected chi connectivity index (χ1v) is 12.0. The minimum atomic E-state index is -0.171. The molecular weight excluding hydrogens is 432 g/mol. The van der Waals surface area contributed by atoms with Crippen LogP contribution in [0, 0.1) is 0 Å². The monoisotopic (exact) mass is 456 g/mol. The quantitative estimate of drug-likeness (QED) is 0.517. The molecule has 1 unspecified atom stereocenters. The second-order valence-corrected chi connectivity index (χ2v) is 9.73. The summed E-state index contributed by atoms with van der Waals surface area (Å²) in [6.45, 7) is 2.91. The molecule has 3 aliphatic heterocycles. The molecule has 5 rings (SSSR count). The number of carbonyl (C=O) groups excluding carboxylic acids is 1. The van der Waals surface area contributed by atoms with E-state index in [2.05, 4.69) is 4.90 Å². The van der Waals surface area contributed by atoms with Gasteiger partial charge in [0.05, 0.1) is 23.1 Å². The van der Waals surface area contributed by atoms with Gasteiger partial charge in [0.2, 0.25) is 0 Å². The lowest BCUT2D eigenvalue weighted by molar-refractivity contribution is -0.123. The van der Waals surface area contributed by atoms with Crippen LogP contribution in [0.5, 0.6) is 0 Å². The Morgan fingerprint density at radius 2 is 2.03 bits per heavy atom. The third-order valence-corrected chi connectivity index (χ3v) is 7.34. The summed E-state index contributed by atoms with van der Waals surface area (Å²) in [4.78, 5) is 35.6. The number of amides is 1. The van der Waals surface area contributed by atoms with Crippen LogP contribution in [-0.4, -0.2) is 56.9 Å². The highest BCUT2D eigenvalue weighted by Crippen LogP contribution is 2.34. The number of aromatic nitrogens is 2. The van der Waals surface area contributed by atoms with Crippen LogP contribution in [0.3, 0.4) is 0 Å². The molecule has 0 radical (unpaired) electrons. The van der Waals surface area contributed by atoms with Crippen molar-refractivity contribution in [2.24, 2.45) is 0 Å². The average Bonchev–Trinajstić information content (AvgIpc) is 3.40. The summed E-state index contributed by atoms with van der Waals surface area (Å²) < 4.78 is 7.73. The molecule has 0 bridgehead atoms. The largest absolute Gasteiger partial charge is 0.376 e. The van der Waals surface area contributed by atoms with Gasteiger partial charge in [0.1, 0.15) is 15.8 Å². The zero-order valence-corrected chi connectivity index (χ0v) is 18.8. The van der Waals surface area contributed by atoms with Crippen LogP contribution in [0.2, 0.25) is 0 Å². The Kier molecular flexibility index (Phi) is 5.81. The molecule has 3 saturated heterocycles. The molecular formula is C22H24N4O3S2. The fourth-order valence-corrected chi connectivity index (χ4v) is 5.60. The topological polar surface area (TPSA) is 67.2 Å². The van der Waals surface area contributed by atoms with Gasteiger partial charge in [-0.3, -0.25) is 18.9 Å². The van der Waals surface area contributed by atoms with Gasteiger partial charge in [-0.15, -0.1) is 0 Å². The highest BCUT2D eigenvalue weighted by molar-refractivity contribution is 8.26. The lowest BCUT2D eigenvalue weighted by Gasteiger charge is -2.29. The van der Waals surface area contributed by atoms with E-state index in [1.54, 1.807) is 17.2 Å². The number of piperidine rings is 1. The van der Waals surface area contributed by atoms with E-state index in [0.29, 0.717) is 32.8 Å². The van der Waals surface area contributed by atoms with Gasteiger partial charge in [-0.05, 0) is 50.3 Å².